The monoisotopic (exact) mass is 362 g/mol. The Labute approximate surface area is 154 Å². The predicted molar refractivity (Wildman–Crippen MR) is 98.3 cm³/mol. The van der Waals surface area contributed by atoms with Gasteiger partial charge in [-0.1, -0.05) is 18.2 Å². The van der Waals surface area contributed by atoms with Gasteiger partial charge in [-0.15, -0.1) is 5.10 Å². The Bertz CT molecular complexity index is 1140. The van der Waals surface area contributed by atoms with Crippen molar-refractivity contribution in [1.29, 1.82) is 0 Å². The van der Waals surface area contributed by atoms with Gasteiger partial charge in [0.05, 0.1) is 11.9 Å². The number of anilines is 1. The van der Waals surface area contributed by atoms with E-state index in [-0.39, 0.29) is 12.6 Å². The fourth-order valence-corrected chi connectivity index (χ4v) is 3.06. The molecule has 0 saturated carbocycles. The molecule has 7 heteroatoms. The second-order valence-corrected chi connectivity index (χ2v) is 6.15. The molecule has 1 aliphatic heterocycles. The van der Waals surface area contributed by atoms with Gasteiger partial charge in [-0.3, -0.25) is 0 Å². The lowest BCUT2D eigenvalue weighted by Gasteiger charge is -2.08. The molecule has 0 fully saturated rings. The van der Waals surface area contributed by atoms with Crippen LogP contribution in [0, 0.1) is 5.82 Å². The Balaban J connectivity index is 1.43. The normalized spacial score (nSPS) is 12.5. The van der Waals surface area contributed by atoms with Gasteiger partial charge in [0.15, 0.2) is 17.1 Å². The van der Waals surface area contributed by atoms with Gasteiger partial charge in [0.25, 0.3) is 0 Å². The van der Waals surface area contributed by atoms with Crippen LogP contribution in [0.15, 0.2) is 60.8 Å². The third kappa shape index (κ3) is 2.83. The minimum absolute atomic E-state index is 0.254. The first-order valence-corrected chi connectivity index (χ1v) is 8.50. The van der Waals surface area contributed by atoms with Gasteiger partial charge in [0.1, 0.15) is 11.6 Å². The van der Waals surface area contributed by atoms with Crippen LogP contribution in [0.4, 0.5) is 10.2 Å². The van der Waals surface area contributed by atoms with Crippen molar-refractivity contribution in [1.82, 2.24) is 14.6 Å². The Kier molecular flexibility index (Phi) is 3.64. The van der Waals surface area contributed by atoms with E-state index in [1.54, 1.807) is 28.9 Å². The van der Waals surface area contributed by atoms with Crippen LogP contribution in [0.2, 0.25) is 0 Å². The largest absolute Gasteiger partial charge is 0.454 e. The van der Waals surface area contributed by atoms with E-state index in [4.69, 9.17) is 9.47 Å². The number of nitrogens with one attached hydrogen (secondary N) is 1. The van der Waals surface area contributed by atoms with Gasteiger partial charge in [-0.25, -0.2) is 13.9 Å². The number of nitrogens with zero attached hydrogens (tertiary/aromatic N) is 3. The molecule has 0 amide bonds. The molecule has 134 valence electrons. The van der Waals surface area contributed by atoms with E-state index in [0.717, 1.165) is 17.1 Å². The lowest BCUT2D eigenvalue weighted by Crippen LogP contribution is -2.05. The standard InChI is InChI=1S/C20H15FN4O2/c21-15-4-2-1-3-14(15)16-11-23-20-8-7-19(24-25(16)20)22-10-13-5-6-17-18(9-13)27-12-26-17/h1-9,11H,10,12H2,(H,22,24). The highest BCUT2D eigenvalue weighted by atomic mass is 19.1. The molecule has 3 heterocycles. The third-order valence-electron chi connectivity index (χ3n) is 4.42. The van der Waals surface area contributed by atoms with Crippen molar-refractivity contribution in [2.24, 2.45) is 0 Å². The smallest absolute Gasteiger partial charge is 0.231 e. The number of hydrogen-bond acceptors (Lipinski definition) is 5. The van der Waals surface area contributed by atoms with Crippen LogP contribution >= 0.6 is 0 Å². The van der Waals surface area contributed by atoms with Crippen molar-refractivity contribution in [3.63, 3.8) is 0 Å². The van der Waals surface area contributed by atoms with E-state index in [1.165, 1.54) is 6.07 Å². The molecule has 0 saturated heterocycles. The zero-order valence-corrected chi connectivity index (χ0v) is 14.2. The number of aromatic nitrogens is 3. The highest BCUT2D eigenvalue weighted by Crippen LogP contribution is 2.32. The van der Waals surface area contributed by atoms with Crippen LogP contribution in [0.3, 0.4) is 0 Å². The minimum atomic E-state index is -0.306. The molecule has 5 rings (SSSR count). The number of imidazole rings is 1. The first-order chi connectivity index (χ1) is 13.3. The Hall–Kier alpha value is -3.61. The summed E-state index contributed by atoms with van der Waals surface area (Å²) in [5, 5.41) is 7.84. The van der Waals surface area contributed by atoms with E-state index in [1.807, 2.05) is 30.3 Å². The van der Waals surface area contributed by atoms with Gasteiger partial charge < -0.3 is 14.8 Å². The Morgan fingerprint density at radius 2 is 1.93 bits per heavy atom. The maximum atomic E-state index is 14.2. The second kappa shape index (κ2) is 6.28. The molecule has 0 radical (unpaired) electrons. The summed E-state index contributed by atoms with van der Waals surface area (Å²) >= 11 is 0. The molecule has 2 aromatic carbocycles. The van der Waals surface area contributed by atoms with Crippen molar-refractivity contribution in [2.75, 3.05) is 12.1 Å². The maximum absolute atomic E-state index is 14.2. The van der Waals surface area contributed by atoms with Gasteiger partial charge in [-0.2, -0.15) is 0 Å². The Morgan fingerprint density at radius 3 is 2.85 bits per heavy atom. The van der Waals surface area contributed by atoms with Crippen LogP contribution in [0.1, 0.15) is 5.56 Å². The fraction of sp³-hybridized carbons (Fsp3) is 0.100. The number of rotatable bonds is 4. The number of ether oxygens (including phenoxy) is 2. The van der Waals surface area contributed by atoms with Crippen molar-refractivity contribution in [3.8, 4) is 22.8 Å². The molecular weight excluding hydrogens is 347 g/mol. The zero-order chi connectivity index (χ0) is 18.2. The SMILES string of the molecule is Fc1ccccc1-c1cnc2ccc(NCc3ccc4c(c3)OCO4)nn12. The van der Waals surface area contributed by atoms with E-state index in [0.29, 0.717) is 29.3 Å². The van der Waals surface area contributed by atoms with E-state index in [9.17, 15) is 4.39 Å². The van der Waals surface area contributed by atoms with Gasteiger partial charge in [-0.05, 0) is 42.0 Å². The van der Waals surface area contributed by atoms with Crippen molar-refractivity contribution < 1.29 is 13.9 Å². The molecular formula is C20H15FN4O2. The maximum Gasteiger partial charge on any atom is 0.231 e. The molecule has 1 N–H and O–H groups in total. The topological polar surface area (TPSA) is 60.7 Å². The molecule has 0 spiro atoms. The minimum Gasteiger partial charge on any atom is -0.454 e. The molecule has 4 aromatic rings. The van der Waals surface area contributed by atoms with Crippen LogP contribution in [-0.2, 0) is 6.54 Å². The number of fused-ring (bicyclic) bond motifs is 2. The van der Waals surface area contributed by atoms with Crippen molar-refractivity contribution in [3.05, 3.63) is 72.2 Å². The quantitative estimate of drug-likeness (QED) is 0.597. The van der Waals surface area contributed by atoms with Crippen LogP contribution < -0.4 is 14.8 Å². The van der Waals surface area contributed by atoms with Crippen molar-refractivity contribution >= 4 is 11.5 Å². The second-order valence-electron chi connectivity index (χ2n) is 6.15. The molecule has 0 unspecified atom stereocenters. The summed E-state index contributed by atoms with van der Waals surface area (Å²) in [5.41, 5.74) is 2.77. The van der Waals surface area contributed by atoms with Crippen molar-refractivity contribution in [2.45, 2.75) is 6.54 Å². The Morgan fingerprint density at radius 1 is 1.04 bits per heavy atom. The average Bonchev–Trinajstić information content (AvgIpc) is 3.33. The average molecular weight is 362 g/mol. The first-order valence-electron chi connectivity index (χ1n) is 8.50. The predicted octanol–water partition coefficient (Wildman–Crippen LogP) is 3.88. The van der Waals surface area contributed by atoms with Crippen LogP contribution in [0.25, 0.3) is 16.9 Å². The van der Waals surface area contributed by atoms with Gasteiger partial charge in [0, 0.05) is 12.1 Å². The molecule has 6 nitrogen and oxygen atoms in total. The fourth-order valence-electron chi connectivity index (χ4n) is 3.06. The lowest BCUT2D eigenvalue weighted by atomic mass is 10.1. The van der Waals surface area contributed by atoms with Crippen LogP contribution in [-0.4, -0.2) is 21.4 Å². The highest BCUT2D eigenvalue weighted by molar-refractivity contribution is 5.64. The summed E-state index contributed by atoms with van der Waals surface area (Å²) in [7, 11) is 0. The molecule has 1 aliphatic rings. The highest BCUT2D eigenvalue weighted by Gasteiger charge is 2.14. The summed E-state index contributed by atoms with van der Waals surface area (Å²) in [6, 6.07) is 16.1. The zero-order valence-electron chi connectivity index (χ0n) is 14.2. The first kappa shape index (κ1) is 15.6. The van der Waals surface area contributed by atoms with Gasteiger partial charge >= 0.3 is 0 Å². The molecule has 0 aliphatic carbocycles. The summed E-state index contributed by atoms with van der Waals surface area (Å²) in [4.78, 5) is 4.31. The summed E-state index contributed by atoms with van der Waals surface area (Å²) in [6.07, 6.45) is 1.63. The summed E-state index contributed by atoms with van der Waals surface area (Å²) in [5.74, 6) is 1.86. The van der Waals surface area contributed by atoms with E-state index in [2.05, 4.69) is 15.4 Å². The van der Waals surface area contributed by atoms with Gasteiger partial charge in [0.2, 0.25) is 6.79 Å². The lowest BCUT2D eigenvalue weighted by molar-refractivity contribution is 0.174. The molecule has 0 atom stereocenters. The van der Waals surface area contributed by atoms with Crippen LogP contribution in [0.5, 0.6) is 11.5 Å². The number of halogens is 1. The summed E-state index contributed by atoms with van der Waals surface area (Å²) < 4.78 is 26.5. The number of benzene rings is 2. The molecule has 2 aromatic heterocycles. The molecule has 0 bridgehead atoms. The van der Waals surface area contributed by atoms with E-state index < -0.39 is 0 Å². The summed E-state index contributed by atoms with van der Waals surface area (Å²) in [6.45, 7) is 0.822. The third-order valence-corrected chi connectivity index (χ3v) is 4.42. The van der Waals surface area contributed by atoms with E-state index >= 15 is 0 Å². The number of hydrogen-bond donors (Lipinski definition) is 1. The molecule has 27 heavy (non-hydrogen) atoms.